The number of hydrogen-bond donors (Lipinski definition) is 1. The van der Waals surface area contributed by atoms with Crippen LogP contribution in [0.25, 0.3) is 11.1 Å². The van der Waals surface area contributed by atoms with Crippen molar-refractivity contribution in [3.05, 3.63) is 36.2 Å². The van der Waals surface area contributed by atoms with Gasteiger partial charge in [0.2, 0.25) is 0 Å². The van der Waals surface area contributed by atoms with Crippen molar-refractivity contribution < 1.29 is 0 Å². The molecule has 0 spiro atoms. The van der Waals surface area contributed by atoms with Crippen LogP contribution < -0.4 is 5.32 Å². The summed E-state index contributed by atoms with van der Waals surface area (Å²) in [6.07, 6.45) is 6.45. The summed E-state index contributed by atoms with van der Waals surface area (Å²) in [5.41, 5.74) is 5.23. The molecule has 0 saturated heterocycles. The second kappa shape index (κ2) is 4.48. The molecule has 3 nitrogen and oxygen atoms in total. The molecule has 0 radical (unpaired) electrons. The van der Waals surface area contributed by atoms with Crippen LogP contribution in [0.1, 0.15) is 31.2 Å². The van der Waals surface area contributed by atoms with E-state index in [0.29, 0.717) is 5.92 Å². The molecule has 3 heteroatoms. The second-order valence-electron chi connectivity index (χ2n) is 5.03. The lowest BCUT2D eigenvalue weighted by molar-refractivity contribution is 0.609. The summed E-state index contributed by atoms with van der Waals surface area (Å²) < 4.78 is 1.85. The average molecular weight is 241 g/mol. The summed E-state index contributed by atoms with van der Waals surface area (Å²) in [7, 11) is 1.96. The molecule has 0 aliphatic carbocycles. The second-order valence-corrected chi connectivity index (χ2v) is 5.03. The van der Waals surface area contributed by atoms with Gasteiger partial charge in [0.25, 0.3) is 0 Å². The zero-order valence-corrected chi connectivity index (χ0v) is 11.0. The van der Waals surface area contributed by atoms with E-state index < -0.39 is 0 Å². The lowest BCUT2D eigenvalue weighted by Crippen LogP contribution is -2.16. The molecule has 94 valence electrons. The lowest BCUT2D eigenvalue weighted by atomic mass is 9.87. The van der Waals surface area contributed by atoms with E-state index in [1.54, 1.807) is 0 Å². The maximum atomic E-state index is 4.25. The smallest absolute Gasteiger partial charge is 0.0568 e. The van der Waals surface area contributed by atoms with Crippen LogP contribution in [0, 0.1) is 0 Å². The quantitative estimate of drug-likeness (QED) is 0.873. The maximum Gasteiger partial charge on any atom is 0.0568 e. The van der Waals surface area contributed by atoms with Gasteiger partial charge in [0.05, 0.1) is 6.20 Å². The Morgan fingerprint density at radius 2 is 2.28 bits per heavy atom. The molecular formula is C15H19N3. The lowest BCUT2D eigenvalue weighted by Gasteiger charge is -2.26. The van der Waals surface area contributed by atoms with Gasteiger partial charge in [-0.15, -0.1) is 0 Å². The topological polar surface area (TPSA) is 29.9 Å². The normalized spacial score (nSPS) is 18.2. The standard InChI is InChI=1S/C15H19N3/c1-3-11-6-7-16-15-5-4-12(8-14(11)15)13-9-17-18(2)10-13/h4-5,8-11,16H,3,6-7H2,1-2H3/t11-/m0/s1. The van der Waals surface area contributed by atoms with Crippen molar-refractivity contribution >= 4 is 5.69 Å². The Kier molecular flexibility index (Phi) is 2.82. The Hall–Kier alpha value is -1.77. The van der Waals surface area contributed by atoms with E-state index in [4.69, 9.17) is 0 Å². The predicted octanol–water partition coefficient (Wildman–Crippen LogP) is 3.40. The first kappa shape index (κ1) is 11.3. The van der Waals surface area contributed by atoms with Crippen molar-refractivity contribution in [1.82, 2.24) is 9.78 Å². The molecule has 3 rings (SSSR count). The van der Waals surface area contributed by atoms with Crippen LogP contribution in [0.5, 0.6) is 0 Å². The highest BCUT2D eigenvalue weighted by molar-refractivity contribution is 5.68. The van der Waals surface area contributed by atoms with Gasteiger partial charge in [0.15, 0.2) is 0 Å². The fraction of sp³-hybridized carbons (Fsp3) is 0.400. The number of rotatable bonds is 2. The summed E-state index contributed by atoms with van der Waals surface area (Å²) in [4.78, 5) is 0. The van der Waals surface area contributed by atoms with Gasteiger partial charge in [-0.05, 0) is 42.0 Å². The number of aromatic nitrogens is 2. The van der Waals surface area contributed by atoms with E-state index in [0.717, 1.165) is 6.54 Å². The van der Waals surface area contributed by atoms with Crippen LogP contribution in [-0.4, -0.2) is 16.3 Å². The fourth-order valence-electron chi connectivity index (χ4n) is 2.77. The van der Waals surface area contributed by atoms with E-state index in [9.17, 15) is 0 Å². The van der Waals surface area contributed by atoms with Gasteiger partial charge in [-0.2, -0.15) is 5.10 Å². The zero-order valence-electron chi connectivity index (χ0n) is 11.0. The van der Waals surface area contributed by atoms with E-state index in [2.05, 4.69) is 41.7 Å². The zero-order chi connectivity index (χ0) is 12.5. The molecule has 18 heavy (non-hydrogen) atoms. The molecule has 1 aliphatic heterocycles. The van der Waals surface area contributed by atoms with E-state index in [1.165, 1.54) is 35.2 Å². The van der Waals surface area contributed by atoms with E-state index >= 15 is 0 Å². The fourth-order valence-corrected chi connectivity index (χ4v) is 2.77. The minimum atomic E-state index is 0.692. The molecule has 0 saturated carbocycles. The molecule has 2 heterocycles. The van der Waals surface area contributed by atoms with Gasteiger partial charge in [-0.3, -0.25) is 4.68 Å². The number of fused-ring (bicyclic) bond motifs is 1. The van der Waals surface area contributed by atoms with Crippen molar-refractivity contribution in [2.45, 2.75) is 25.7 Å². The molecule has 2 aromatic rings. The van der Waals surface area contributed by atoms with Crippen molar-refractivity contribution in [2.75, 3.05) is 11.9 Å². The van der Waals surface area contributed by atoms with Crippen LogP contribution in [-0.2, 0) is 7.05 Å². The van der Waals surface area contributed by atoms with Crippen LogP contribution in [0.15, 0.2) is 30.6 Å². The predicted molar refractivity (Wildman–Crippen MR) is 74.8 cm³/mol. The highest BCUT2D eigenvalue weighted by Gasteiger charge is 2.19. The summed E-state index contributed by atoms with van der Waals surface area (Å²) in [6.45, 7) is 3.37. The summed E-state index contributed by atoms with van der Waals surface area (Å²) in [5.74, 6) is 0.692. The number of hydrogen-bond acceptors (Lipinski definition) is 2. The van der Waals surface area contributed by atoms with E-state index in [-0.39, 0.29) is 0 Å². The van der Waals surface area contributed by atoms with Gasteiger partial charge in [-0.25, -0.2) is 0 Å². The minimum absolute atomic E-state index is 0.692. The summed E-state index contributed by atoms with van der Waals surface area (Å²) >= 11 is 0. The minimum Gasteiger partial charge on any atom is -0.385 e. The number of nitrogens with one attached hydrogen (secondary N) is 1. The summed E-state index contributed by atoms with van der Waals surface area (Å²) in [5, 5.41) is 7.74. The SMILES string of the molecule is CC[C@H]1CCNc2ccc(-c3cnn(C)c3)cc21. The first-order valence-corrected chi connectivity index (χ1v) is 6.64. The van der Waals surface area contributed by atoms with Gasteiger partial charge < -0.3 is 5.32 Å². The molecular weight excluding hydrogens is 222 g/mol. The average Bonchev–Trinajstić information content (AvgIpc) is 2.84. The highest BCUT2D eigenvalue weighted by atomic mass is 15.2. The Bertz CT molecular complexity index is 557. The highest BCUT2D eigenvalue weighted by Crippen LogP contribution is 2.36. The molecule has 0 bridgehead atoms. The summed E-state index contributed by atoms with van der Waals surface area (Å²) in [6, 6.07) is 6.72. The largest absolute Gasteiger partial charge is 0.385 e. The third-order valence-electron chi connectivity index (χ3n) is 3.83. The third-order valence-corrected chi connectivity index (χ3v) is 3.83. The van der Waals surface area contributed by atoms with Crippen molar-refractivity contribution in [1.29, 1.82) is 0 Å². The molecule has 0 unspecified atom stereocenters. The van der Waals surface area contributed by atoms with Crippen LogP contribution in [0.3, 0.4) is 0 Å². The van der Waals surface area contributed by atoms with Crippen molar-refractivity contribution in [2.24, 2.45) is 7.05 Å². The van der Waals surface area contributed by atoms with E-state index in [1.807, 2.05) is 17.9 Å². The Labute approximate surface area is 108 Å². The maximum absolute atomic E-state index is 4.25. The number of nitrogens with zero attached hydrogens (tertiary/aromatic N) is 2. The number of benzene rings is 1. The first-order chi connectivity index (χ1) is 8.78. The molecule has 1 N–H and O–H groups in total. The van der Waals surface area contributed by atoms with Crippen molar-refractivity contribution in [3.63, 3.8) is 0 Å². The monoisotopic (exact) mass is 241 g/mol. The number of anilines is 1. The van der Waals surface area contributed by atoms with Crippen LogP contribution in [0.2, 0.25) is 0 Å². The van der Waals surface area contributed by atoms with Gasteiger partial charge in [0, 0.05) is 31.0 Å². The van der Waals surface area contributed by atoms with Gasteiger partial charge in [-0.1, -0.05) is 13.0 Å². The molecule has 1 aromatic heterocycles. The Balaban J connectivity index is 2.03. The third kappa shape index (κ3) is 1.90. The first-order valence-electron chi connectivity index (χ1n) is 6.64. The van der Waals surface area contributed by atoms with Gasteiger partial charge in [0.1, 0.15) is 0 Å². The molecule has 1 aromatic carbocycles. The molecule has 0 amide bonds. The van der Waals surface area contributed by atoms with Crippen molar-refractivity contribution in [3.8, 4) is 11.1 Å². The number of aryl methyl sites for hydroxylation is 1. The molecule has 1 aliphatic rings. The van der Waals surface area contributed by atoms with Crippen LogP contribution >= 0.6 is 0 Å². The van der Waals surface area contributed by atoms with Crippen LogP contribution in [0.4, 0.5) is 5.69 Å². The molecule has 1 atom stereocenters. The molecule has 0 fully saturated rings. The Morgan fingerprint density at radius 3 is 3.00 bits per heavy atom. The van der Waals surface area contributed by atoms with Gasteiger partial charge >= 0.3 is 0 Å². The Morgan fingerprint density at radius 1 is 1.39 bits per heavy atom.